The van der Waals surface area contributed by atoms with Crippen LogP contribution in [-0.2, 0) is 29.5 Å². The van der Waals surface area contributed by atoms with Crippen molar-refractivity contribution in [2.45, 2.75) is 43.8 Å². The number of nitrogens with zero attached hydrogens (tertiary/aromatic N) is 3. The van der Waals surface area contributed by atoms with Gasteiger partial charge in [-0.3, -0.25) is 19.0 Å². The molecule has 1 N–H and O–H groups in total. The molecule has 0 saturated heterocycles. The number of amides is 2. The highest BCUT2D eigenvalue weighted by molar-refractivity contribution is 7.99. The molecule has 1 aliphatic heterocycles. The van der Waals surface area contributed by atoms with Crippen molar-refractivity contribution in [1.29, 1.82) is 0 Å². The number of anilines is 2. The van der Waals surface area contributed by atoms with E-state index in [1.54, 1.807) is 33.9 Å². The van der Waals surface area contributed by atoms with Crippen molar-refractivity contribution < 1.29 is 9.59 Å². The largest absolute Gasteiger partial charge is 0.324 e. The van der Waals surface area contributed by atoms with E-state index in [9.17, 15) is 14.4 Å². The zero-order valence-corrected chi connectivity index (χ0v) is 18.9. The van der Waals surface area contributed by atoms with Gasteiger partial charge in [0.15, 0.2) is 5.16 Å². The summed E-state index contributed by atoms with van der Waals surface area (Å²) in [7, 11) is 1.72. The van der Waals surface area contributed by atoms with E-state index in [2.05, 4.69) is 5.32 Å². The first-order valence-electron chi connectivity index (χ1n) is 10.3. The second kappa shape index (κ2) is 7.80. The zero-order chi connectivity index (χ0) is 21.7. The third-order valence-corrected chi connectivity index (χ3v) is 8.06. The number of carbonyl (C=O) groups excluding carboxylic acids is 2. The Morgan fingerprint density at radius 2 is 2.10 bits per heavy atom. The maximum Gasteiger partial charge on any atom is 0.262 e. The molecule has 2 aromatic heterocycles. The van der Waals surface area contributed by atoms with Crippen molar-refractivity contribution in [1.82, 2.24) is 9.55 Å². The average molecular weight is 455 g/mol. The first-order valence-corrected chi connectivity index (χ1v) is 12.1. The molecule has 1 unspecified atom stereocenters. The maximum atomic E-state index is 13.2. The highest BCUT2D eigenvalue weighted by atomic mass is 32.2. The summed E-state index contributed by atoms with van der Waals surface area (Å²) in [5.41, 5.74) is 2.45. The fourth-order valence-electron chi connectivity index (χ4n) is 4.40. The van der Waals surface area contributed by atoms with Gasteiger partial charge in [-0.2, -0.15) is 0 Å². The van der Waals surface area contributed by atoms with E-state index in [-0.39, 0.29) is 35.6 Å². The second-order valence-corrected chi connectivity index (χ2v) is 9.99. The van der Waals surface area contributed by atoms with Crippen LogP contribution in [0.2, 0.25) is 0 Å². The summed E-state index contributed by atoms with van der Waals surface area (Å²) >= 11 is 2.87. The van der Waals surface area contributed by atoms with Crippen molar-refractivity contribution in [2.24, 2.45) is 7.05 Å². The minimum Gasteiger partial charge on any atom is -0.324 e. The summed E-state index contributed by atoms with van der Waals surface area (Å²) in [5, 5.41) is 4.15. The van der Waals surface area contributed by atoms with Crippen molar-refractivity contribution in [3.8, 4) is 0 Å². The van der Waals surface area contributed by atoms with Crippen molar-refractivity contribution >= 4 is 56.5 Å². The quantitative estimate of drug-likeness (QED) is 0.485. The number of carbonyl (C=O) groups is 2. The summed E-state index contributed by atoms with van der Waals surface area (Å²) in [6, 6.07) is 7.06. The number of benzene rings is 1. The van der Waals surface area contributed by atoms with E-state index in [1.807, 2.05) is 25.1 Å². The minimum atomic E-state index is -0.267. The SMILES string of the molecule is CC1CC(=O)Nc2ccccc2N1C(=O)CSc1nc2sc3c(c2c(=O)n1C)CCC3. The van der Waals surface area contributed by atoms with Gasteiger partial charge in [0.2, 0.25) is 11.8 Å². The Hall–Kier alpha value is -2.65. The molecule has 9 heteroatoms. The van der Waals surface area contributed by atoms with E-state index in [4.69, 9.17) is 4.98 Å². The first-order chi connectivity index (χ1) is 14.9. The normalized spacial score (nSPS) is 17.9. The smallest absolute Gasteiger partial charge is 0.262 e. The van der Waals surface area contributed by atoms with Gasteiger partial charge in [0.05, 0.1) is 22.5 Å². The molecule has 7 nitrogen and oxygen atoms in total. The molecule has 1 atom stereocenters. The van der Waals surface area contributed by atoms with Crippen LogP contribution >= 0.6 is 23.1 Å². The molecule has 2 aliphatic rings. The third kappa shape index (κ3) is 3.45. The zero-order valence-electron chi connectivity index (χ0n) is 17.3. The van der Waals surface area contributed by atoms with Gasteiger partial charge in [-0.05, 0) is 43.9 Å². The molecular formula is C22H22N4O3S2. The highest BCUT2D eigenvalue weighted by Gasteiger charge is 2.30. The van der Waals surface area contributed by atoms with Gasteiger partial charge in [0.25, 0.3) is 5.56 Å². The molecule has 0 fully saturated rings. The highest BCUT2D eigenvalue weighted by Crippen LogP contribution is 2.36. The summed E-state index contributed by atoms with van der Waals surface area (Å²) in [4.78, 5) is 46.8. The molecule has 2 amide bonds. The van der Waals surface area contributed by atoms with Gasteiger partial charge >= 0.3 is 0 Å². The predicted molar refractivity (Wildman–Crippen MR) is 124 cm³/mol. The van der Waals surface area contributed by atoms with Gasteiger partial charge in [-0.1, -0.05) is 23.9 Å². The number of aryl methyl sites for hydroxylation is 2. The molecule has 1 aliphatic carbocycles. The van der Waals surface area contributed by atoms with Crippen molar-refractivity contribution in [2.75, 3.05) is 16.0 Å². The van der Waals surface area contributed by atoms with E-state index in [1.165, 1.54) is 16.6 Å². The van der Waals surface area contributed by atoms with Crippen LogP contribution in [0.3, 0.4) is 0 Å². The molecule has 0 bridgehead atoms. The average Bonchev–Trinajstić information content (AvgIpc) is 3.28. The van der Waals surface area contributed by atoms with E-state index in [0.29, 0.717) is 16.5 Å². The Kier molecular flexibility index (Phi) is 5.10. The number of thioether (sulfide) groups is 1. The number of hydrogen-bond donors (Lipinski definition) is 1. The third-order valence-electron chi connectivity index (χ3n) is 5.86. The maximum absolute atomic E-state index is 13.2. The number of rotatable bonds is 3. The number of fused-ring (bicyclic) bond motifs is 4. The standard InChI is InChI=1S/C22H22N4O3S2/c1-12-10-17(27)23-14-7-3-4-8-15(14)26(12)18(28)11-30-22-24-20-19(21(29)25(22)2)13-6-5-9-16(13)31-20/h3-4,7-8,12H,5-6,9-11H2,1-2H3,(H,23,27). The molecule has 160 valence electrons. The van der Waals surface area contributed by atoms with Gasteiger partial charge in [-0.15, -0.1) is 11.3 Å². The van der Waals surface area contributed by atoms with Crippen LogP contribution in [0.15, 0.2) is 34.2 Å². The van der Waals surface area contributed by atoms with Crippen LogP contribution in [0.4, 0.5) is 11.4 Å². The molecular weight excluding hydrogens is 432 g/mol. The lowest BCUT2D eigenvalue weighted by molar-refractivity contribution is -0.117. The Labute approximate surface area is 187 Å². The van der Waals surface area contributed by atoms with Crippen LogP contribution in [0.25, 0.3) is 10.2 Å². The topological polar surface area (TPSA) is 84.3 Å². The van der Waals surface area contributed by atoms with Crippen LogP contribution in [-0.4, -0.2) is 33.2 Å². The molecule has 0 radical (unpaired) electrons. The number of aromatic nitrogens is 2. The summed E-state index contributed by atoms with van der Waals surface area (Å²) in [5.74, 6) is -0.100. The van der Waals surface area contributed by atoms with E-state index < -0.39 is 0 Å². The lowest BCUT2D eigenvalue weighted by Crippen LogP contribution is -2.40. The van der Waals surface area contributed by atoms with Crippen LogP contribution in [0.5, 0.6) is 0 Å². The first kappa shape index (κ1) is 20.3. The fraction of sp³-hybridized carbons (Fsp3) is 0.364. The second-order valence-electron chi connectivity index (χ2n) is 7.97. The molecule has 0 spiro atoms. The summed E-state index contributed by atoms with van der Waals surface area (Å²) < 4.78 is 1.55. The molecule has 5 rings (SSSR count). The Bertz CT molecular complexity index is 1280. The van der Waals surface area contributed by atoms with Gasteiger partial charge in [0.1, 0.15) is 4.83 Å². The van der Waals surface area contributed by atoms with Gasteiger partial charge in [-0.25, -0.2) is 4.98 Å². The Morgan fingerprint density at radius 1 is 1.29 bits per heavy atom. The lowest BCUT2D eigenvalue weighted by atomic mass is 10.2. The van der Waals surface area contributed by atoms with Gasteiger partial charge in [0, 0.05) is 24.4 Å². The molecule has 1 aromatic carbocycles. The molecule has 3 heterocycles. The van der Waals surface area contributed by atoms with E-state index in [0.717, 1.165) is 35.0 Å². The molecule has 3 aromatic rings. The minimum absolute atomic E-state index is 0.0392. The number of thiophene rings is 1. The van der Waals surface area contributed by atoms with Crippen LogP contribution in [0, 0.1) is 0 Å². The van der Waals surface area contributed by atoms with Crippen molar-refractivity contribution in [3.05, 3.63) is 45.1 Å². The van der Waals surface area contributed by atoms with Crippen LogP contribution in [0.1, 0.15) is 30.2 Å². The Morgan fingerprint density at radius 3 is 2.94 bits per heavy atom. The van der Waals surface area contributed by atoms with Crippen molar-refractivity contribution in [3.63, 3.8) is 0 Å². The Balaban J connectivity index is 1.43. The summed E-state index contributed by atoms with van der Waals surface area (Å²) in [6.45, 7) is 1.87. The number of nitrogens with one attached hydrogen (secondary N) is 1. The van der Waals surface area contributed by atoms with E-state index >= 15 is 0 Å². The number of para-hydroxylation sites is 2. The van der Waals surface area contributed by atoms with Gasteiger partial charge < -0.3 is 10.2 Å². The lowest BCUT2D eigenvalue weighted by Gasteiger charge is -2.27. The molecule has 31 heavy (non-hydrogen) atoms. The number of hydrogen-bond acceptors (Lipinski definition) is 6. The molecule has 0 saturated carbocycles. The van der Waals surface area contributed by atoms with Crippen LogP contribution < -0.4 is 15.8 Å². The summed E-state index contributed by atoms with van der Waals surface area (Å²) in [6.07, 6.45) is 3.28. The predicted octanol–water partition coefficient (Wildman–Crippen LogP) is 3.34. The monoisotopic (exact) mass is 454 g/mol. The fourth-order valence-corrected chi connectivity index (χ4v) is 6.53.